The maximum Gasteiger partial charge on any atom is 2.00 e. The molecule has 0 heterocycles. The first-order chi connectivity index (χ1) is 41.3. The first kappa shape index (κ1) is 74.8. The fraction of sp³-hybridized carbons (Fsp3) is 0.585. The maximum absolute atomic E-state index is 2.60. The van der Waals surface area contributed by atoms with Gasteiger partial charge in [0.2, 0.25) is 0 Å². The van der Waals surface area contributed by atoms with Crippen LogP contribution in [-0.2, 0) is 103 Å². The van der Waals surface area contributed by atoms with E-state index in [0.717, 1.165) is 0 Å². The Morgan fingerprint density at radius 3 is 0.600 bits per heavy atom. The van der Waals surface area contributed by atoms with Crippen LogP contribution in [0.1, 0.15) is 304 Å². The summed E-state index contributed by atoms with van der Waals surface area (Å²) < 4.78 is 0. The third-order valence-electron chi connectivity index (χ3n) is 18.2. The topological polar surface area (TPSA) is 0 Å². The average molecular weight is 1260 g/mol. The zero-order valence-electron chi connectivity index (χ0n) is 57.1. The summed E-state index contributed by atoms with van der Waals surface area (Å²) in [5, 5.41) is 9.75. The van der Waals surface area contributed by atoms with Gasteiger partial charge in [-0.15, -0.1) is 10.6 Å². The molecule has 0 radical (unpaired) electrons. The zero-order chi connectivity index (χ0) is 60.3. The van der Waals surface area contributed by atoms with Crippen molar-refractivity contribution in [3.63, 3.8) is 0 Å². The first-order valence-electron chi connectivity index (χ1n) is 35.9. The van der Waals surface area contributed by atoms with Crippen molar-refractivity contribution < 1.29 is 26.2 Å². The molecular formula is C82H124P2Zr. The predicted octanol–water partition coefficient (Wildman–Crippen LogP) is 22.4. The zero-order valence-corrected chi connectivity index (χ0v) is 61.3. The minimum absolute atomic E-state index is 0. The number of hydrogen-bond acceptors (Lipinski definition) is 0. The summed E-state index contributed by atoms with van der Waals surface area (Å²) in [7, 11) is -1.19. The fourth-order valence-electron chi connectivity index (χ4n) is 13.2. The normalized spacial score (nSPS) is 11.5. The van der Waals surface area contributed by atoms with Crippen molar-refractivity contribution >= 4 is 47.7 Å². The van der Waals surface area contributed by atoms with Crippen molar-refractivity contribution in [2.24, 2.45) is 0 Å². The van der Waals surface area contributed by atoms with Crippen LogP contribution in [-0.4, -0.2) is 0 Å². The van der Waals surface area contributed by atoms with E-state index in [-0.39, 0.29) is 26.2 Å². The van der Waals surface area contributed by atoms with Crippen molar-refractivity contribution in [3.8, 4) is 0 Å². The summed E-state index contributed by atoms with van der Waals surface area (Å²) in [6.45, 7) is 28.2. The Morgan fingerprint density at radius 2 is 0.424 bits per heavy atom. The second kappa shape index (κ2) is 43.9. The molecule has 466 valence electrons. The summed E-state index contributed by atoms with van der Waals surface area (Å²) in [6, 6.07) is 39.5. The first-order valence-corrected chi connectivity index (χ1v) is 38.6. The van der Waals surface area contributed by atoms with Gasteiger partial charge >= 0.3 is 26.2 Å². The third kappa shape index (κ3) is 22.3. The molecule has 6 aromatic rings. The van der Waals surface area contributed by atoms with Gasteiger partial charge in [0.05, 0.1) is 0 Å². The van der Waals surface area contributed by atoms with Crippen LogP contribution in [0.25, 0.3) is 0 Å². The van der Waals surface area contributed by atoms with E-state index in [9.17, 15) is 0 Å². The number of aryl methyl sites for hydroxylation is 4. The molecular weight excluding hydrogens is 1140 g/mol. The SMILES string of the molecule is CCCCc1ccc(P(c2ccc[cH-]2)c2ccc(CCCC)c(CCCC)c2CCCC)c(CCCC)c1CCCC.CCCCc1ccc(P(c2ccc[cH-]2)c2ccc(CCCC)c(CCCC)c2CCCC)c(CCCC)c1CCCC.[Zr+2]. The van der Waals surface area contributed by atoms with Gasteiger partial charge in [-0.3, -0.25) is 0 Å². The van der Waals surface area contributed by atoms with Gasteiger partial charge in [0.1, 0.15) is 0 Å². The molecule has 3 heteroatoms. The van der Waals surface area contributed by atoms with Crippen LogP contribution in [0.3, 0.4) is 0 Å². The Bertz CT molecular complexity index is 2350. The monoisotopic (exact) mass is 1260 g/mol. The van der Waals surface area contributed by atoms with Crippen LogP contribution in [0.4, 0.5) is 0 Å². The second-order valence-corrected chi connectivity index (χ2v) is 29.3. The molecule has 0 aliphatic heterocycles. The molecule has 0 fully saturated rings. The van der Waals surface area contributed by atoms with Gasteiger partial charge in [-0.25, -0.2) is 24.3 Å². The van der Waals surface area contributed by atoms with Gasteiger partial charge in [0.15, 0.2) is 0 Å². The average Bonchev–Trinajstić information content (AvgIpc) is 3.76. The van der Waals surface area contributed by atoms with Gasteiger partial charge in [-0.2, -0.15) is 24.3 Å². The quantitative estimate of drug-likeness (QED) is 0.0265. The Hall–Kier alpha value is -2.68. The van der Waals surface area contributed by atoms with Crippen LogP contribution in [0.15, 0.2) is 97.1 Å². The van der Waals surface area contributed by atoms with Crippen LogP contribution < -0.4 is 31.8 Å². The van der Waals surface area contributed by atoms with Crippen LogP contribution in [0.5, 0.6) is 0 Å². The van der Waals surface area contributed by atoms with Crippen LogP contribution in [0, 0.1) is 0 Å². The summed E-state index contributed by atoms with van der Waals surface area (Å²) in [5.41, 5.74) is 20.3. The van der Waals surface area contributed by atoms with Crippen LogP contribution >= 0.6 is 15.8 Å². The summed E-state index contributed by atoms with van der Waals surface area (Å²) in [5.74, 6) is 0. The molecule has 85 heavy (non-hydrogen) atoms. The molecule has 6 aromatic carbocycles. The fourth-order valence-corrected chi connectivity index (χ4v) is 18.7. The Kier molecular flexibility index (Phi) is 38.6. The minimum Gasteiger partial charge on any atom is -0.213 e. The van der Waals surface area contributed by atoms with E-state index >= 15 is 0 Å². The molecule has 0 aliphatic rings. The smallest absolute Gasteiger partial charge is 0.213 e. The second-order valence-electron chi connectivity index (χ2n) is 25.0. The summed E-state index contributed by atoms with van der Waals surface area (Å²) >= 11 is 0. The standard InChI is InChI=1S/2C41H62P.Zr/c2*1-7-13-21-33-29-31-40(38(27-17-11-5)36(33)25-15-9-3)42(35-23-19-20-24-35)41-32-30-34(22-14-8-2)37(26-16-10-4)39(41)28-18-12-6;/h2*19-20,23-24,29-32H,7-18,21-22,25-28H2,1-6H3;/q2*-1;+2. The van der Waals surface area contributed by atoms with Crippen molar-refractivity contribution in [2.45, 2.75) is 314 Å². The van der Waals surface area contributed by atoms with Crippen molar-refractivity contribution in [1.82, 2.24) is 0 Å². The van der Waals surface area contributed by atoms with E-state index in [4.69, 9.17) is 0 Å². The number of benzene rings is 4. The maximum atomic E-state index is 2.60. The molecule has 0 saturated carbocycles. The van der Waals surface area contributed by atoms with E-state index in [1.54, 1.807) is 98.6 Å². The molecule has 0 nitrogen and oxygen atoms in total. The van der Waals surface area contributed by atoms with Crippen molar-refractivity contribution in [3.05, 3.63) is 164 Å². The number of hydrogen-bond donors (Lipinski definition) is 0. The van der Waals surface area contributed by atoms with Gasteiger partial charge < -0.3 is 0 Å². The van der Waals surface area contributed by atoms with Gasteiger partial charge in [0.25, 0.3) is 0 Å². The van der Waals surface area contributed by atoms with Crippen LogP contribution in [0.2, 0.25) is 0 Å². The molecule has 0 aliphatic carbocycles. The largest absolute Gasteiger partial charge is 2.00 e. The molecule has 0 atom stereocenters. The molecule has 6 rings (SSSR count). The van der Waals surface area contributed by atoms with Gasteiger partial charge in [-0.1, -0.05) is 209 Å². The molecule has 0 N–H and O–H groups in total. The van der Waals surface area contributed by atoms with Crippen molar-refractivity contribution in [1.29, 1.82) is 0 Å². The minimum atomic E-state index is -0.597. The molecule has 0 unspecified atom stereocenters. The Morgan fingerprint density at radius 1 is 0.235 bits per heavy atom. The molecule has 0 bridgehead atoms. The van der Waals surface area contributed by atoms with E-state index in [0.29, 0.717) is 0 Å². The Balaban J connectivity index is 0.000000360. The number of rotatable bonds is 42. The van der Waals surface area contributed by atoms with E-state index in [2.05, 4.69) is 180 Å². The van der Waals surface area contributed by atoms with E-state index in [1.807, 2.05) is 0 Å². The summed E-state index contributed by atoms with van der Waals surface area (Å²) in [6.07, 6.45) is 45.5. The molecule has 0 saturated heterocycles. The van der Waals surface area contributed by atoms with Gasteiger partial charge in [-0.05, 0) is 258 Å². The molecule has 0 amide bonds. The Labute approximate surface area is 547 Å². The van der Waals surface area contributed by atoms with Gasteiger partial charge in [0, 0.05) is 0 Å². The summed E-state index contributed by atoms with van der Waals surface area (Å²) in [4.78, 5) is 0. The van der Waals surface area contributed by atoms with Crippen molar-refractivity contribution in [2.75, 3.05) is 0 Å². The predicted molar refractivity (Wildman–Crippen MR) is 385 cm³/mol. The van der Waals surface area contributed by atoms with E-state index in [1.165, 1.54) is 231 Å². The number of unbranched alkanes of at least 4 members (excludes halogenated alkanes) is 12. The third-order valence-corrected chi connectivity index (χ3v) is 23.5. The van der Waals surface area contributed by atoms with E-state index < -0.39 is 15.8 Å². The molecule has 0 aromatic heterocycles. The molecule has 0 spiro atoms.